The van der Waals surface area contributed by atoms with E-state index in [2.05, 4.69) is 15.6 Å². The van der Waals surface area contributed by atoms with Crippen molar-refractivity contribution in [2.75, 3.05) is 33.2 Å². The van der Waals surface area contributed by atoms with Crippen molar-refractivity contribution in [3.8, 4) is 11.5 Å². The lowest BCUT2D eigenvalue weighted by molar-refractivity contribution is -0.144. The summed E-state index contributed by atoms with van der Waals surface area (Å²) in [4.78, 5) is 28.3. The Bertz CT molecular complexity index is 762. The van der Waals surface area contributed by atoms with Crippen LogP contribution in [0.25, 0.3) is 0 Å². The second-order valence-electron chi connectivity index (χ2n) is 5.96. The first-order chi connectivity index (χ1) is 13.5. The van der Waals surface area contributed by atoms with Crippen LogP contribution in [0, 0.1) is 0 Å². The van der Waals surface area contributed by atoms with Gasteiger partial charge in [0.1, 0.15) is 23.4 Å². The monoisotopic (exact) mass is 387 g/mol. The number of aromatic nitrogens is 1. The van der Waals surface area contributed by atoms with Crippen LogP contribution < -0.4 is 20.1 Å². The Balaban J connectivity index is 1.87. The molecule has 8 heteroatoms. The van der Waals surface area contributed by atoms with Gasteiger partial charge in [-0.15, -0.1) is 0 Å². The molecule has 0 aliphatic heterocycles. The van der Waals surface area contributed by atoms with E-state index in [-0.39, 0.29) is 12.3 Å². The van der Waals surface area contributed by atoms with Gasteiger partial charge in [-0.05, 0) is 42.8 Å². The molecule has 8 nitrogen and oxygen atoms in total. The lowest BCUT2D eigenvalue weighted by atomic mass is 10.1. The number of nitrogens with one attached hydrogen (secondary N) is 2. The van der Waals surface area contributed by atoms with Crippen LogP contribution in [0.2, 0.25) is 0 Å². The maximum atomic E-state index is 12.3. The third-order valence-corrected chi connectivity index (χ3v) is 4.08. The minimum Gasteiger partial charge on any atom is -0.497 e. The summed E-state index contributed by atoms with van der Waals surface area (Å²) in [5.41, 5.74) is 1.09. The number of ether oxygens (including phenoxy) is 3. The van der Waals surface area contributed by atoms with E-state index >= 15 is 0 Å². The van der Waals surface area contributed by atoms with Crippen molar-refractivity contribution in [3.05, 3.63) is 48.2 Å². The fourth-order valence-corrected chi connectivity index (χ4v) is 2.52. The molecule has 1 amide bonds. The SMILES string of the molecule is COC(=O)C(CC(=O)Nc1ccc(OC)cn1)NCCc1ccc(OC)cc1. The number of anilines is 1. The Morgan fingerprint density at radius 2 is 1.68 bits per heavy atom. The molecule has 0 fully saturated rings. The average molecular weight is 387 g/mol. The van der Waals surface area contributed by atoms with Crippen LogP contribution in [0.4, 0.5) is 5.82 Å². The molecule has 0 radical (unpaired) electrons. The number of hydrogen-bond donors (Lipinski definition) is 2. The first-order valence-corrected chi connectivity index (χ1v) is 8.79. The predicted octanol–water partition coefficient (Wildman–Crippen LogP) is 1.80. The summed E-state index contributed by atoms with van der Waals surface area (Å²) >= 11 is 0. The summed E-state index contributed by atoms with van der Waals surface area (Å²) in [7, 11) is 4.45. The standard InChI is InChI=1S/C20H25N3O5/c1-26-15-6-4-14(5-7-15)10-11-21-17(20(25)28-3)12-19(24)23-18-9-8-16(27-2)13-22-18/h4-9,13,17,21H,10-12H2,1-3H3,(H,22,23,24). The topological polar surface area (TPSA) is 98.8 Å². The number of rotatable bonds is 10. The number of amides is 1. The second-order valence-corrected chi connectivity index (χ2v) is 5.96. The molecule has 1 heterocycles. The Morgan fingerprint density at radius 1 is 1.00 bits per heavy atom. The molecule has 2 aromatic rings. The predicted molar refractivity (Wildman–Crippen MR) is 105 cm³/mol. The Kier molecular flexibility index (Phi) is 8.23. The highest BCUT2D eigenvalue weighted by Gasteiger charge is 2.22. The lowest BCUT2D eigenvalue weighted by Gasteiger charge is -2.16. The first-order valence-electron chi connectivity index (χ1n) is 8.79. The van der Waals surface area contributed by atoms with Crippen LogP contribution in [0.15, 0.2) is 42.6 Å². The van der Waals surface area contributed by atoms with E-state index in [9.17, 15) is 9.59 Å². The summed E-state index contributed by atoms with van der Waals surface area (Å²) in [6.45, 7) is 0.514. The summed E-state index contributed by atoms with van der Waals surface area (Å²) in [6.07, 6.45) is 2.13. The van der Waals surface area contributed by atoms with Crippen LogP contribution in [-0.2, 0) is 20.7 Å². The molecule has 0 aliphatic carbocycles. The Labute approximate surface area is 164 Å². The van der Waals surface area contributed by atoms with E-state index in [1.54, 1.807) is 19.2 Å². The number of carbonyl (C=O) groups excluding carboxylic acids is 2. The maximum absolute atomic E-state index is 12.3. The summed E-state index contributed by atoms with van der Waals surface area (Å²) in [5.74, 6) is 0.920. The quantitative estimate of drug-likeness (QED) is 0.600. The molecular formula is C20H25N3O5. The molecule has 0 spiro atoms. The number of esters is 1. The highest BCUT2D eigenvalue weighted by Crippen LogP contribution is 2.13. The van der Waals surface area contributed by atoms with Crippen molar-refractivity contribution in [3.63, 3.8) is 0 Å². The molecule has 28 heavy (non-hydrogen) atoms. The van der Waals surface area contributed by atoms with Crippen LogP contribution in [0.5, 0.6) is 11.5 Å². The highest BCUT2D eigenvalue weighted by molar-refractivity contribution is 5.93. The Hall–Kier alpha value is -3.13. The normalized spacial score (nSPS) is 11.4. The summed E-state index contributed by atoms with van der Waals surface area (Å²) in [5, 5.41) is 5.73. The highest BCUT2D eigenvalue weighted by atomic mass is 16.5. The number of nitrogens with zero attached hydrogens (tertiary/aromatic N) is 1. The number of carbonyl (C=O) groups is 2. The van der Waals surface area contributed by atoms with Crippen LogP contribution in [0.1, 0.15) is 12.0 Å². The molecule has 1 aromatic carbocycles. The smallest absolute Gasteiger partial charge is 0.323 e. The number of methoxy groups -OCH3 is 3. The lowest BCUT2D eigenvalue weighted by Crippen LogP contribution is -2.41. The van der Waals surface area contributed by atoms with Gasteiger partial charge in [0.2, 0.25) is 5.91 Å². The summed E-state index contributed by atoms with van der Waals surface area (Å²) in [6, 6.07) is 10.2. The van der Waals surface area contributed by atoms with Gasteiger partial charge in [-0.3, -0.25) is 9.59 Å². The van der Waals surface area contributed by atoms with Gasteiger partial charge < -0.3 is 24.8 Å². The van der Waals surface area contributed by atoms with E-state index in [4.69, 9.17) is 14.2 Å². The molecule has 0 saturated carbocycles. The van der Waals surface area contributed by atoms with Gasteiger partial charge >= 0.3 is 5.97 Å². The zero-order chi connectivity index (χ0) is 20.4. The third kappa shape index (κ3) is 6.55. The Morgan fingerprint density at radius 3 is 2.25 bits per heavy atom. The molecule has 0 saturated heterocycles. The maximum Gasteiger partial charge on any atom is 0.323 e. The molecule has 1 unspecified atom stereocenters. The van der Waals surface area contributed by atoms with Gasteiger partial charge in [0.15, 0.2) is 0 Å². The summed E-state index contributed by atoms with van der Waals surface area (Å²) < 4.78 is 15.0. The van der Waals surface area contributed by atoms with Gasteiger partial charge in [-0.2, -0.15) is 0 Å². The van der Waals surface area contributed by atoms with Gasteiger partial charge in [-0.25, -0.2) is 4.98 Å². The zero-order valence-electron chi connectivity index (χ0n) is 16.2. The van der Waals surface area contributed by atoms with Crippen molar-refractivity contribution in [1.29, 1.82) is 0 Å². The van der Waals surface area contributed by atoms with E-state index < -0.39 is 12.0 Å². The fraction of sp³-hybridized carbons (Fsp3) is 0.350. The van der Waals surface area contributed by atoms with Gasteiger partial charge in [0, 0.05) is 0 Å². The van der Waals surface area contributed by atoms with Gasteiger partial charge in [0.05, 0.1) is 33.9 Å². The van der Waals surface area contributed by atoms with E-state index in [1.807, 2.05) is 24.3 Å². The minimum atomic E-state index is -0.749. The minimum absolute atomic E-state index is 0.0665. The van der Waals surface area contributed by atoms with E-state index in [0.717, 1.165) is 11.3 Å². The van der Waals surface area contributed by atoms with E-state index in [1.165, 1.54) is 20.4 Å². The van der Waals surface area contributed by atoms with Crippen LogP contribution >= 0.6 is 0 Å². The molecule has 1 atom stereocenters. The van der Waals surface area contributed by atoms with Crippen LogP contribution in [-0.4, -0.2) is 50.8 Å². The van der Waals surface area contributed by atoms with Crippen molar-refractivity contribution in [2.45, 2.75) is 18.9 Å². The number of hydrogen-bond acceptors (Lipinski definition) is 7. The molecule has 2 N–H and O–H groups in total. The van der Waals surface area contributed by atoms with Crippen molar-refractivity contribution in [1.82, 2.24) is 10.3 Å². The number of pyridine rings is 1. The van der Waals surface area contributed by atoms with Crippen LogP contribution in [0.3, 0.4) is 0 Å². The molecule has 0 bridgehead atoms. The third-order valence-electron chi connectivity index (χ3n) is 4.08. The molecule has 2 rings (SSSR count). The van der Waals surface area contributed by atoms with Crippen molar-refractivity contribution >= 4 is 17.7 Å². The molecule has 150 valence electrons. The first kappa shape index (κ1) is 21.2. The molecular weight excluding hydrogens is 362 g/mol. The molecule has 1 aromatic heterocycles. The number of benzene rings is 1. The zero-order valence-corrected chi connectivity index (χ0v) is 16.2. The molecule has 0 aliphatic rings. The van der Waals surface area contributed by atoms with Crippen molar-refractivity contribution in [2.24, 2.45) is 0 Å². The fourth-order valence-electron chi connectivity index (χ4n) is 2.52. The second kappa shape index (κ2) is 10.9. The van der Waals surface area contributed by atoms with Gasteiger partial charge in [-0.1, -0.05) is 12.1 Å². The van der Waals surface area contributed by atoms with Gasteiger partial charge in [0.25, 0.3) is 0 Å². The van der Waals surface area contributed by atoms with E-state index in [0.29, 0.717) is 24.5 Å². The average Bonchev–Trinajstić information content (AvgIpc) is 2.73. The van der Waals surface area contributed by atoms with Crippen molar-refractivity contribution < 1.29 is 23.8 Å². The largest absolute Gasteiger partial charge is 0.497 e.